The first kappa shape index (κ1) is 16.5. The fourth-order valence-electron chi connectivity index (χ4n) is 3.42. The summed E-state index contributed by atoms with van der Waals surface area (Å²) >= 11 is 1.73. The SMILES string of the molecule is O=C(c1ccc([N+](=O)[O-])cc1)N1CCc2sccc2[C@H]1c1ccccc1. The maximum Gasteiger partial charge on any atom is 0.269 e. The lowest BCUT2D eigenvalue weighted by Crippen LogP contribution is -2.40. The second-order valence-corrected chi connectivity index (χ2v) is 7.17. The molecule has 1 aliphatic rings. The quantitative estimate of drug-likeness (QED) is 0.510. The van der Waals surface area contributed by atoms with Gasteiger partial charge in [0.05, 0.1) is 11.0 Å². The molecule has 0 spiro atoms. The zero-order valence-electron chi connectivity index (χ0n) is 13.9. The molecule has 1 aromatic heterocycles. The largest absolute Gasteiger partial charge is 0.327 e. The first-order chi connectivity index (χ1) is 12.6. The molecule has 0 saturated carbocycles. The van der Waals surface area contributed by atoms with Crippen LogP contribution in [0, 0.1) is 10.1 Å². The fourth-order valence-corrected chi connectivity index (χ4v) is 4.33. The molecule has 0 bridgehead atoms. The maximum atomic E-state index is 13.2. The van der Waals surface area contributed by atoms with Crippen LogP contribution in [0.5, 0.6) is 0 Å². The fraction of sp³-hybridized carbons (Fsp3) is 0.150. The molecule has 0 saturated heterocycles. The van der Waals surface area contributed by atoms with Crippen LogP contribution < -0.4 is 0 Å². The van der Waals surface area contributed by atoms with E-state index in [2.05, 4.69) is 11.4 Å². The van der Waals surface area contributed by atoms with Crippen LogP contribution in [0.3, 0.4) is 0 Å². The van der Waals surface area contributed by atoms with Crippen molar-refractivity contribution in [3.05, 3.63) is 97.7 Å². The molecular formula is C20H16N2O3S. The number of nitrogens with zero attached hydrogens (tertiary/aromatic N) is 2. The number of nitro benzene ring substituents is 1. The van der Waals surface area contributed by atoms with Gasteiger partial charge in [0.25, 0.3) is 11.6 Å². The summed E-state index contributed by atoms with van der Waals surface area (Å²) in [4.78, 5) is 26.7. The lowest BCUT2D eigenvalue weighted by atomic mass is 9.92. The highest BCUT2D eigenvalue weighted by Gasteiger charge is 2.33. The number of carbonyl (C=O) groups excluding carboxylic acids is 1. The Balaban J connectivity index is 1.72. The molecule has 2 heterocycles. The summed E-state index contributed by atoms with van der Waals surface area (Å²) < 4.78 is 0. The molecule has 5 nitrogen and oxygen atoms in total. The van der Waals surface area contributed by atoms with E-state index < -0.39 is 4.92 Å². The van der Waals surface area contributed by atoms with E-state index in [4.69, 9.17) is 0 Å². The summed E-state index contributed by atoms with van der Waals surface area (Å²) in [6.07, 6.45) is 0.828. The van der Waals surface area contributed by atoms with Crippen LogP contribution in [0.25, 0.3) is 0 Å². The van der Waals surface area contributed by atoms with Crippen LogP contribution in [-0.2, 0) is 6.42 Å². The van der Waals surface area contributed by atoms with Crippen LogP contribution in [0.15, 0.2) is 66.0 Å². The number of amides is 1. The molecule has 1 aliphatic heterocycles. The van der Waals surface area contributed by atoms with Crippen molar-refractivity contribution >= 4 is 22.9 Å². The monoisotopic (exact) mass is 364 g/mol. The number of fused-ring (bicyclic) bond motifs is 1. The van der Waals surface area contributed by atoms with E-state index in [0.29, 0.717) is 12.1 Å². The van der Waals surface area contributed by atoms with E-state index in [1.807, 2.05) is 35.2 Å². The third-order valence-corrected chi connectivity index (χ3v) is 5.66. The molecule has 0 N–H and O–H groups in total. The van der Waals surface area contributed by atoms with Crippen molar-refractivity contribution < 1.29 is 9.72 Å². The molecule has 4 rings (SSSR count). The highest BCUT2D eigenvalue weighted by Crippen LogP contribution is 2.38. The highest BCUT2D eigenvalue weighted by atomic mass is 32.1. The highest BCUT2D eigenvalue weighted by molar-refractivity contribution is 7.10. The Kier molecular flexibility index (Phi) is 4.26. The van der Waals surface area contributed by atoms with Gasteiger partial charge in [-0.1, -0.05) is 30.3 Å². The lowest BCUT2D eigenvalue weighted by molar-refractivity contribution is -0.384. The van der Waals surface area contributed by atoms with Gasteiger partial charge in [0, 0.05) is 29.1 Å². The number of nitro groups is 1. The lowest BCUT2D eigenvalue weighted by Gasteiger charge is -2.36. The van der Waals surface area contributed by atoms with Crippen molar-refractivity contribution in [2.75, 3.05) is 6.54 Å². The van der Waals surface area contributed by atoms with Crippen LogP contribution in [-0.4, -0.2) is 22.3 Å². The van der Waals surface area contributed by atoms with Crippen LogP contribution in [0.2, 0.25) is 0 Å². The minimum atomic E-state index is -0.459. The third-order valence-electron chi connectivity index (χ3n) is 4.67. The number of non-ortho nitro benzene ring substituents is 1. The number of benzene rings is 2. The maximum absolute atomic E-state index is 13.2. The molecular weight excluding hydrogens is 348 g/mol. The average Bonchev–Trinajstić information content (AvgIpc) is 3.16. The molecule has 2 aromatic carbocycles. The van der Waals surface area contributed by atoms with Gasteiger partial charge in [-0.25, -0.2) is 0 Å². The Morgan fingerprint density at radius 1 is 1.08 bits per heavy atom. The standard InChI is InChI=1S/C20H16N2O3S/c23-20(15-6-8-16(9-7-15)22(24)25)21-12-10-18-17(11-13-26-18)19(21)14-4-2-1-3-5-14/h1-9,11,13,19H,10,12H2/t19-/m1/s1. The Bertz CT molecular complexity index is 951. The molecule has 26 heavy (non-hydrogen) atoms. The van der Waals surface area contributed by atoms with E-state index in [1.165, 1.54) is 34.7 Å². The van der Waals surface area contributed by atoms with Crippen molar-refractivity contribution in [3.63, 3.8) is 0 Å². The average molecular weight is 364 g/mol. The summed E-state index contributed by atoms with van der Waals surface area (Å²) in [5.74, 6) is -0.106. The topological polar surface area (TPSA) is 63.4 Å². The first-order valence-electron chi connectivity index (χ1n) is 8.32. The zero-order chi connectivity index (χ0) is 18.1. The van der Waals surface area contributed by atoms with Crippen LogP contribution in [0.1, 0.15) is 32.4 Å². The van der Waals surface area contributed by atoms with Gasteiger partial charge in [-0.2, -0.15) is 0 Å². The second-order valence-electron chi connectivity index (χ2n) is 6.16. The molecule has 130 valence electrons. The van der Waals surface area contributed by atoms with Gasteiger partial charge >= 0.3 is 0 Å². The van der Waals surface area contributed by atoms with E-state index in [9.17, 15) is 14.9 Å². The number of hydrogen-bond acceptors (Lipinski definition) is 4. The summed E-state index contributed by atoms with van der Waals surface area (Å²) in [5, 5.41) is 12.9. The van der Waals surface area contributed by atoms with Gasteiger partial charge in [0.15, 0.2) is 0 Å². The molecule has 0 fully saturated rings. The van der Waals surface area contributed by atoms with Gasteiger partial charge < -0.3 is 4.90 Å². The van der Waals surface area contributed by atoms with Crippen molar-refractivity contribution in [1.29, 1.82) is 0 Å². The first-order valence-corrected chi connectivity index (χ1v) is 9.20. The summed E-state index contributed by atoms with van der Waals surface area (Å²) in [7, 11) is 0. The summed E-state index contributed by atoms with van der Waals surface area (Å²) in [6, 6.07) is 17.8. The molecule has 0 unspecified atom stereocenters. The van der Waals surface area contributed by atoms with Gasteiger partial charge in [-0.05, 0) is 41.1 Å². The predicted molar refractivity (Wildman–Crippen MR) is 100 cm³/mol. The van der Waals surface area contributed by atoms with Gasteiger partial charge in [-0.15, -0.1) is 11.3 Å². The number of hydrogen-bond donors (Lipinski definition) is 0. The molecule has 0 aliphatic carbocycles. The smallest absolute Gasteiger partial charge is 0.269 e. The molecule has 1 amide bonds. The van der Waals surface area contributed by atoms with Crippen LogP contribution >= 0.6 is 11.3 Å². The van der Waals surface area contributed by atoms with Gasteiger partial charge in [0.2, 0.25) is 0 Å². The molecule has 0 radical (unpaired) electrons. The third kappa shape index (κ3) is 2.88. The number of carbonyl (C=O) groups is 1. The van der Waals surface area contributed by atoms with Gasteiger partial charge in [0.1, 0.15) is 0 Å². The van der Waals surface area contributed by atoms with E-state index in [-0.39, 0.29) is 17.6 Å². The molecule has 1 atom stereocenters. The van der Waals surface area contributed by atoms with E-state index in [1.54, 1.807) is 11.3 Å². The summed E-state index contributed by atoms with van der Waals surface area (Å²) in [6.45, 7) is 0.628. The van der Waals surface area contributed by atoms with E-state index >= 15 is 0 Å². The Morgan fingerprint density at radius 3 is 2.50 bits per heavy atom. The normalized spacial score (nSPS) is 16.2. The minimum Gasteiger partial charge on any atom is -0.327 e. The van der Waals surface area contributed by atoms with Gasteiger partial charge in [-0.3, -0.25) is 14.9 Å². The van der Waals surface area contributed by atoms with Crippen molar-refractivity contribution in [3.8, 4) is 0 Å². The Hall–Kier alpha value is -2.99. The van der Waals surface area contributed by atoms with Crippen molar-refractivity contribution in [2.24, 2.45) is 0 Å². The Morgan fingerprint density at radius 2 is 1.81 bits per heavy atom. The molecule has 6 heteroatoms. The number of rotatable bonds is 3. The minimum absolute atomic E-state index is 0.0140. The second kappa shape index (κ2) is 6.72. The van der Waals surface area contributed by atoms with Crippen molar-refractivity contribution in [2.45, 2.75) is 12.5 Å². The predicted octanol–water partition coefficient (Wildman–Crippen LogP) is 4.44. The summed E-state index contributed by atoms with van der Waals surface area (Å²) in [5.41, 5.74) is 2.69. The molecule has 3 aromatic rings. The van der Waals surface area contributed by atoms with E-state index in [0.717, 1.165) is 12.0 Å². The Labute approximate surface area is 154 Å². The van der Waals surface area contributed by atoms with Crippen LogP contribution in [0.4, 0.5) is 5.69 Å². The van der Waals surface area contributed by atoms with Crippen molar-refractivity contribution in [1.82, 2.24) is 4.90 Å². The zero-order valence-corrected chi connectivity index (χ0v) is 14.7. The number of thiophene rings is 1.